The zero-order valence-corrected chi connectivity index (χ0v) is 18.8. The topological polar surface area (TPSA) is 105 Å². The maximum Gasteiger partial charge on any atom is 0.267 e. The number of hydrogen-bond acceptors (Lipinski definition) is 9. The normalized spacial score (nSPS) is 13.8. The van der Waals surface area contributed by atoms with Crippen LogP contribution in [0.25, 0.3) is 0 Å². The average molecular weight is 460 g/mol. The number of aryl methyl sites for hydroxylation is 2. The number of carbonyl (C=O) groups excluding carboxylic acids is 1. The molecule has 3 aromatic rings. The van der Waals surface area contributed by atoms with E-state index in [1.54, 1.807) is 6.07 Å². The number of nitrogens with one attached hydrogen (secondary N) is 2. The molecular weight excluding hydrogens is 438 g/mol. The first kappa shape index (κ1) is 21.4. The van der Waals surface area contributed by atoms with Crippen molar-refractivity contribution in [2.75, 3.05) is 41.8 Å². The van der Waals surface area contributed by atoms with Crippen molar-refractivity contribution in [3.05, 3.63) is 45.7 Å². The van der Waals surface area contributed by atoms with Crippen molar-refractivity contribution in [1.82, 2.24) is 19.9 Å². The van der Waals surface area contributed by atoms with Gasteiger partial charge in [-0.1, -0.05) is 42.0 Å². The molecule has 0 bridgehead atoms. The Kier molecular flexibility index (Phi) is 6.59. The van der Waals surface area contributed by atoms with E-state index >= 15 is 0 Å². The van der Waals surface area contributed by atoms with Gasteiger partial charge in [-0.15, -0.1) is 0 Å². The number of para-hydroxylation sites is 1. The third kappa shape index (κ3) is 5.09. The van der Waals surface area contributed by atoms with Crippen molar-refractivity contribution in [2.24, 2.45) is 0 Å². The smallest absolute Gasteiger partial charge is 0.267 e. The molecule has 1 amide bonds. The van der Waals surface area contributed by atoms with Gasteiger partial charge in [-0.05, 0) is 18.6 Å². The van der Waals surface area contributed by atoms with Crippen molar-refractivity contribution < 1.29 is 9.53 Å². The Morgan fingerprint density at radius 3 is 2.81 bits per heavy atom. The van der Waals surface area contributed by atoms with Gasteiger partial charge < -0.3 is 15.0 Å². The van der Waals surface area contributed by atoms with E-state index in [9.17, 15) is 4.79 Å². The van der Waals surface area contributed by atoms with E-state index in [4.69, 9.17) is 16.3 Å². The first-order valence-corrected chi connectivity index (χ1v) is 11.1. The first-order chi connectivity index (χ1) is 15.0. The van der Waals surface area contributed by atoms with Crippen LogP contribution >= 0.6 is 22.9 Å². The number of aromatic nitrogens is 4. The second-order valence-electron chi connectivity index (χ2n) is 6.87. The Labute approximate surface area is 188 Å². The first-order valence-electron chi connectivity index (χ1n) is 9.90. The lowest BCUT2D eigenvalue weighted by Crippen LogP contribution is -2.37. The van der Waals surface area contributed by atoms with Crippen molar-refractivity contribution in [2.45, 2.75) is 20.3 Å². The van der Waals surface area contributed by atoms with E-state index in [1.165, 1.54) is 17.5 Å². The molecule has 162 valence electrons. The van der Waals surface area contributed by atoms with Gasteiger partial charge in [-0.2, -0.15) is 15.0 Å². The van der Waals surface area contributed by atoms with E-state index in [1.807, 2.05) is 26.0 Å². The maximum absolute atomic E-state index is 12.7. The number of ether oxygens (including phenoxy) is 1. The van der Waals surface area contributed by atoms with Gasteiger partial charge in [0.25, 0.3) is 5.91 Å². The molecule has 1 aliphatic heterocycles. The highest BCUT2D eigenvalue weighted by Crippen LogP contribution is 2.28. The highest BCUT2D eigenvalue weighted by Gasteiger charge is 2.18. The Balaban J connectivity index is 1.50. The van der Waals surface area contributed by atoms with Crippen LogP contribution in [-0.2, 0) is 11.2 Å². The maximum atomic E-state index is 12.7. The van der Waals surface area contributed by atoms with Gasteiger partial charge in [0.2, 0.25) is 11.9 Å². The lowest BCUT2D eigenvalue weighted by Gasteiger charge is -2.27. The standard InChI is InChI=1S/C20H22ClN7O2S/c1-3-15-23-18(26-19(24-15)28-7-9-30-10-8-28)27-20-22-11-14(31-20)17(29)25-16-12(2)5-4-6-13(16)21/h4-6,11H,3,7-10H2,1-2H3,(H,25,29)(H,22,23,24,26,27). The lowest BCUT2D eigenvalue weighted by atomic mass is 10.2. The monoisotopic (exact) mass is 459 g/mol. The molecule has 2 N–H and O–H groups in total. The number of benzene rings is 1. The molecule has 31 heavy (non-hydrogen) atoms. The summed E-state index contributed by atoms with van der Waals surface area (Å²) in [6.07, 6.45) is 2.19. The zero-order valence-electron chi connectivity index (χ0n) is 17.2. The number of morpholine rings is 1. The SMILES string of the molecule is CCc1nc(Nc2ncc(C(=O)Nc3c(C)cccc3Cl)s2)nc(N2CCOCC2)n1. The minimum Gasteiger partial charge on any atom is -0.378 e. The van der Waals surface area contributed by atoms with Gasteiger partial charge in [0.1, 0.15) is 10.7 Å². The minimum absolute atomic E-state index is 0.277. The molecule has 1 aromatic carbocycles. The quantitative estimate of drug-likeness (QED) is 0.575. The third-order valence-electron chi connectivity index (χ3n) is 4.69. The Morgan fingerprint density at radius 2 is 2.06 bits per heavy atom. The molecule has 9 nitrogen and oxygen atoms in total. The van der Waals surface area contributed by atoms with Crippen LogP contribution in [0.1, 0.15) is 28.0 Å². The molecule has 0 aliphatic carbocycles. The minimum atomic E-state index is -0.277. The number of thiazole rings is 1. The highest BCUT2D eigenvalue weighted by atomic mass is 35.5. The van der Waals surface area contributed by atoms with Gasteiger partial charge in [0.15, 0.2) is 5.13 Å². The molecule has 1 fully saturated rings. The van der Waals surface area contributed by atoms with E-state index in [2.05, 4.69) is 35.5 Å². The molecule has 1 saturated heterocycles. The number of amides is 1. The molecule has 0 saturated carbocycles. The summed E-state index contributed by atoms with van der Waals surface area (Å²) in [6, 6.07) is 5.47. The van der Waals surface area contributed by atoms with Gasteiger partial charge in [0, 0.05) is 19.5 Å². The molecule has 0 radical (unpaired) electrons. The second kappa shape index (κ2) is 9.54. The average Bonchev–Trinajstić information content (AvgIpc) is 3.25. The van der Waals surface area contributed by atoms with Crippen LogP contribution in [-0.4, -0.2) is 52.1 Å². The summed E-state index contributed by atoms with van der Waals surface area (Å²) in [5.41, 5.74) is 1.48. The summed E-state index contributed by atoms with van der Waals surface area (Å²) in [5, 5.41) is 6.96. The Hall–Kier alpha value is -2.82. The molecule has 11 heteroatoms. The van der Waals surface area contributed by atoms with Crippen LogP contribution in [0, 0.1) is 6.92 Å². The van der Waals surface area contributed by atoms with Crippen LogP contribution < -0.4 is 15.5 Å². The molecule has 0 atom stereocenters. The molecule has 1 aliphatic rings. The summed E-state index contributed by atoms with van der Waals surface area (Å²) >= 11 is 7.42. The van der Waals surface area contributed by atoms with E-state index in [0.29, 0.717) is 58.1 Å². The number of anilines is 4. The number of carbonyl (C=O) groups is 1. The van der Waals surface area contributed by atoms with Gasteiger partial charge in [-0.3, -0.25) is 10.1 Å². The van der Waals surface area contributed by atoms with Crippen LogP contribution in [0.2, 0.25) is 5.02 Å². The molecular formula is C20H22ClN7O2S. The van der Waals surface area contributed by atoms with Crippen LogP contribution in [0.5, 0.6) is 0 Å². The van der Waals surface area contributed by atoms with Crippen LogP contribution in [0.15, 0.2) is 24.4 Å². The molecule has 2 aromatic heterocycles. The number of nitrogens with zero attached hydrogens (tertiary/aromatic N) is 5. The predicted molar refractivity (Wildman–Crippen MR) is 122 cm³/mol. The van der Waals surface area contributed by atoms with Crippen molar-refractivity contribution >= 4 is 51.6 Å². The fraction of sp³-hybridized carbons (Fsp3) is 0.350. The molecule has 0 spiro atoms. The second-order valence-corrected chi connectivity index (χ2v) is 8.31. The fourth-order valence-electron chi connectivity index (χ4n) is 3.02. The Morgan fingerprint density at radius 1 is 1.26 bits per heavy atom. The molecule has 3 heterocycles. The van der Waals surface area contributed by atoms with Crippen molar-refractivity contribution in [1.29, 1.82) is 0 Å². The number of hydrogen-bond donors (Lipinski definition) is 2. The van der Waals surface area contributed by atoms with Gasteiger partial charge in [0.05, 0.1) is 30.1 Å². The largest absolute Gasteiger partial charge is 0.378 e. The molecule has 4 rings (SSSR count). The van der Waals surface area contributed by atoms with Gasteiger partial charge in [-0.25, -0.2) is 4.98 Å². The third-order valence-corrected chi connectivity index (χ3v) is 5.92. The van der Waals surface area contributed by atoms with Gasteiger partial charge >= 0.3 is 0 Å². The number of halogens is 1. The summed E-state index contributed by atoms with van der Waals surface area (Å²) in [4.78, 5) is 33.0. The van der Waals surface area contributed by atoms with Crippen LogP contribution in [0.3, 0.4) is 0 Å². The summed E-state index contributed by atoms with van der Waals surface area (Å²) in [7, 11) is 0. The van der Waals surface area contributed by atoms with Crippen molar-refractivity contribution in [3.63, 3.8) is 0 Å². The fourth-order valence-corrected chi connectivity index (χ4v) is 4.00. The molecule has 0 unspecified atom stereocenters. The van der Waals surface area contributed by atoms with Crippen molar-refractivity contribution in [3.8, 4) is 0 Å². The van der Waals surface area contributed by atoms with E-state index in [0.717, 1.165) is 18.7 Å². The highest BCUT2D eigenvalue weighted by molar-refractivity contribution is 7.17. The van der Waals surface area contributed by atoms with E-state index in [-0.39, 0.29) is 5.91 Å². The lowest BCUT2D eigenvalue weighted by molar-refractivity contribution is 0.103. The Bertz CT molecular complexity index is 1060. The zero-order chi connectivity index (χ0) is 21.8. The summed E-state index contributed by atoms with van der Waals surface area (Å²) in [5.74, 6) is 1.42. The predicted octanol–water partition coefficient (Wildman–Crippen LogP) is 3.68. The summed E-state index contributed by atoms with van der Waals surface area (Å²) in [6.45, 7) is 6.63. The van der Waals surface area contributed by atoms with Crippen LogP contribution in [0.4, 0.5) is 22.7 Å². The summed E-state index contributed by atoms with van der Waals surface area (Å²) < 4.78 is 5.40. The van der Waals surface area contributed by atoms with E-state index < -0.39 is 0 Å². The number of rotatable bonds is 6.